The van der Waals surface area contributed by atoms with Gasteiger partial charge in [0.2, 0.25) is 0 Å². The number of benzene rings is 3. The number of amides is 2. The molecule has 0 unspecified atom stereocenters. The van der Waals surface area contributed by atoms with Gasteiger partial charge in [0.25, 0.3) is 11.8 Å². The van der Waals surface area contributed by atoms with Crippen LogP contribution in [-0.2, 0) is 9.59 Å². The second kappa shape index (κ2) is 8.80. The molecule has 1 heterocycles. The van der Waals surface area contributed by atoms with E-state index in [-0.39, 0.29) is 22.0 Å². The van der Waals surface area contributed by atoms with E-state index in [9.17, 15) is 14.4 Å². The number of nitrogens with zero attached hydrogens (tertiary/aromatic N) is 1. The quantitative estimate of drug-likeness (QED) is 0.250. The fourth-order valence-corrected chi connectivity index (χ4v) is 3.51. The van der Waals surface area contributed by atoms with Crippen molar-refractivity contribution in [1.29, 1.82) is 0 Å². The standard InChI is InChI=1S/C25H20ClN3O4/c1-14-3-10-18(11-4-14)29-23(30)21(26)22(24(29)31)28-17-8-6-16(7-9-17)25(32)33-20-12-5-15(2)13-19(20)27/h3-13,28H,27H2,1-2H3. The van der Waals surface area contributed by atoms with Gasteiger partial charge in [-0.1, -0.05) is 35.4 Å². The summed E-state index contributed by atoms with van der Waals surface area (Å²) in [5.74, 6) is -1.47. The van der Waals surface area contributed by atoms with Crippen LogP contribution in [0.4, 0.5) is 17.1 Å². The second-order valence-corrected chi connectivity index (χ2v) is 7.98. The van der Waals surface area contributed by atoms with Crippen molar-refractivity contribution in [2.24, 2.45) is 0 Å². The number of hydrogen-bond acceptors (Lipinski definition) is 6. The minimum Gasteiger partial charge on any atom is -0.421 e. The highest BCUT2D eigenvalue weighted by atomic mass is 35.5. The number of carbonyl (C=O) groups is 3. The number of carbonyl (C=O) groups excluding carboxylic acids is 3. The maximum Gasteiger partial charge on any atom is 0.343 e. The Morgan fingerprint density at radius 2 is 1.55 bits per heavy atom. The van der Waals surface area contributed by atoms with Crippen molar-refractivity contribution < 1.29 is 19.1 Å². The van der Waals surface area contributed by atoms with Gasteiger partial charge in [-0.15, -0.1) is 0 Å². The first-order chi connectivity index (χ1) is 15.7. The lowest BCUT2D eigenvalue weighted by Crippen LogP contribution is -2.32. The van der Waals surface area contributed by atoms with Crippen LogP contribution in [0.2, 0.25) is 0 Å². The highest BCUT2D eigenvalue weighted by Gasteiger charge is 2.38. The summed E-state index contributed by atoms with van der Waals surface area (Å²) in [6.45, 7) is 3.79. The fourth-order valence-electron chi connectivity index (χ4n) is 3.29. The number of hydrogen-bond donors (Lipinski definition) is 2. The third kappa shape index (κ3) is 4.44. The molecule has 0 spiro atoms. The van der Waals surface area contributed by atoms with Crippen molar-refractivity contribution in [3.63, 3.8) is 0 Å². The van der Waals surface area contributed by atoms with E-state index < -0.39 is 17.8 Å². The predicted molar refractivity (Wildman–Crippen MR) is 127 cm³/mol. The average Bonchev–Trinajstić information content (AvgIpc) is 3.00. The zero-order valence-electron chi connectivity index (χ0n) is 17.9. The Kier molecular flexibility index (Phi) is 5.89. The normalized spacial score (nSPS) is 13.5. The number of esters is 1. The molecule has 33 heavy (non-hydrogen) atoms. The number of halogens is 1. The summed E-state index contributed by atoms with van der Waals surface area (Å²) in [6.07, 6.45) is 0. The van der Waals surface area contributed by atoms with Crippen LogP contribution in [0.25, 0.3) is 0 Å². The second-order valence-electron chi connectivity index (χ2n) is 7.60. The molecule has 0 radical (unpaired) electrons. The molecule has 166 valence electrons. The Hall–Kier alpha value is -4.10. The maximum absolute atomic E-state index is 12.9. The molecule has 8 heteroatoms. The summed E-state index contributed by atoms with van der Waals surface area (Å²) < 4.78 is 5.36. The third-order valence-electron chi connectivity index (χ3n) is 5.08. The molecule has 0 atom stereocenters. The zero-order valence-corrected chi connectivity index (χ0v) is 18.6. The van der Waals surface area contributed by atoms with Crippen LogP contribution < -0.4 is 20.7 Å². The minimum absolute atomic E-state index is 0.0370. The Morgan fingerprint density at radius 1 is 0.909 bits per heavy atom. The number of anilines is 3. The molecule has 4 rings (SSSR count). The van der Waals surface area contributed by atoms with Crippen molar-refractivity contribution in [2.75, 3.05) is 16.0 Å². The largest absolute Gasteiger partial charge is 0.421 e. The van der Waals surface area contributed by atoms with Gasteiger partial charge in [0.15, 0.2) is 5.75 Å². The topological polar surface area (TPSA) is 102 Å². The fraction of sp³-hybridized carbons (Fsp3) is 0.0800. The lowest BCUT2D eigenvalue weighted by atomic mass is 10.2. The molecule has 1 aliphatic rings. The molecular weight excluding hydrogens is 442 g/mol. The maximum atomic E-state index is 12.9. The molecule has 3 aromatic carbocycles. The number of rotatable bonds is 5. The van der Waals surface area contributed by atoms with E-state index in [0.29, 0.717) is 17.1 Å². The molecule has 1 aliphatic heterocycles. The lowest BCUT2D eigenvalue weighted by molar-refractivity contribution is -0.120. The monoisotopic (exact) mass is 461 g/mol. The molecular formula is C25H20ClN3O4. The van der Waals surface area contributed by atoms with Crippen LogP contribution in [0.1, 0.15) is 21.5 Å². The van der Waals surface area contributed by atoms with Crippen LogP contribution in [-0.4, -0.2) is 17.8 Å². The van der Waals surface area contributed by atoms with Crippen LogP contribution in [0, 0.1) is 13.8 Å². The molecule has 0 aromatic heterocycles. The molecule has 0 saturated carbocycles. The zero-order chi connectivity index (χ0) is 23.7. The summed E-state index contributed by atoms with van der Waals surface area (Å²) in [4.78, 5) is 38.9. The Labute approximate surface area is 195 Å². The molecule has 0 aliphatic carbocycles. The van der Waals surface area contributed by atoms with Gasteiger partial charge >= 0.3 is 5.97 Å². The van der Waals surface area contributed by atoms with Gasteiger partial charge in [-0.3, -0.25) is 9.59 Å². The highest BCUT2D eigenvalue weighted by Crippen LogP contribution is 2.30. The van der Waals surface area contributed by atoms with Crippen molar-refractivity contribution in [1.82, 2.24) is 0 Å². The minimum atomic E-state index is -0.607. The molecule has 2 amide bonds. The first kappa shape index (κ1) is 22.1. The van der Waals surface area contributed by atoms with Crippen molar-refractivity contribution in [3.05, 3.63) is 94.1 Å². The van der Waals surface area contributed by atoms with Gasteiger partial charge in [-0.05, 0) is 67.9 Å². The molecule has 0 fully saturated rings. The van der Waals surface area contributed by atoms with E-state index in [1.165, 1.54) is 12.1 Å². The number of ether oxygens (including phenoxy) is 1. The van der Waals surface area contributed by atoms with Crippen LogP contribution in [0.5, 0.6) is 5.75 Å². The summed E-state index contributed by atoms with van der Waals surface area (Å²) in [6, 6.07) is 18.3. The van der Waals surface area contributed by atoms with E-state index >= 15 is 0 Å². The molecule has 0 saturated heterocycles. The summed E-state index contributed by atoms with van der Waals surface area (Å²) in [5, 5.41) is 2.67. The number of nitrogens with one attached hydrogen (secondary N) is 1. The van der Waals surface area contributed by atoms with Crippen LogP contribution in [0.3, 0.4) is 0 Å². The van der Waals surface area contributed by atoms with Crippen LogP contribution in [0.15, 0.2) is 77.5 Å². The average molecular weight is 462 g/mol. The third-order valence-corrected chi connectivity index (χ3v) is 5.43. The van der Waals surface area contributed by atoms with E-state index in [1.807, 2.05) is 13.8 Å². The SMILES string of the molecule is Cc1ccc(N2C(=O)C(Cl)=C(Nc3ccc(C(=O)Oc4ccc(C)cc4N)cc3)C2=O)cc1. The molecule has 3 N–H and O–H groups in total. The van der Waals surface area contributed by atoms with Crippen molar-refractivity contribution in [3.8, 4) is 5.75 Å². The highest BCUT2D eigenvalue weighted by molar-refractivity contribution is 6.53. The van der Waals surface area contributed by atoms with E-state index in [4.69, 9.17) is 22.1 Å². The van der Waals surface area contributed by atoms with E-state index in [1.54, 1.807) is 54.6 Å². The summed E-state index contributed by atoms with van der Waals surface area (Å²) in [7, 11) is 0. The molecule has 0 bridgehead atoms. The Balaban J connectivity index is 1.48. The van der Waals surface area contributed by atoms with Gasteiger partial charge < -0.3 is 15.8 Å². The first-order valence-corrected chi connectivity index (χ1v) is 10.4. The van der Waals surface area contributed by atoms with Crippen molar-refractivity contribution in [2.45, 2.75) is 13.8 Å². The number of aryl methyl sites for hydroxylation is 2. The number of nitrogen functional groups attached to an aromatic ring is 1. The van der Waals surface area contributed by atoms with Gasteiger partial charge in [0.05, 0.1) is 16.9 Å². The lowest BCUT2D eigenvalue weighted by Gasteiger charge is -2.15. The molecule has 3 aromatic rings. The number of nitrogens with two attached hydrogens (primary N) is 1. The van der Waals surface area contributed by atoms with E-state index in [0.717, 1.165) is 16.0 Å². The van der Waals surface area contributed by atoms with E-state index in [2.05, 4.69) is 5.32 Å². The smallest absolute Gasteiger partial charge is 0.343 e. The van der Waals surface area contributed by atoms with Crippen molar-refractivity contribution >= 4 is 46.4 Å². The summed E-state index contributed by atoms with van der Waals surface area (Å²) >= 11 is 6.17. The predicted octanol–water partition coefficient (Wildman–Crippen LogP) is 4.54. The van der Waals surface area contributed by atoms with Crippen LogP contribution >= 0.6 is 11.6 Å². The Bertz CT molecular complexity index is 1300. The van der Waals surface area contributed by atoms with Gasteiger partial charge in [0.1, 0.15) is 10.7 Å². The summed E-state index contributed by atoms with van der Waals surface area (Å²) in [5.41, 5.74) is 9.37. The van der Waals surface area contributed by atoms with Gasteiger partial charge in [0, 0.05) is 5.69 Å². The number of imide groups is 1. The first-order valence-electron chi connectivity index (χ1n) is 10.0. The Morgan fingerprint density at radius 3 is 2.18 bits per heavy atom. The van der Waals surface area contributed by atoms with Gasteiger partial charge in [-0.2, -0.15) is 0 Å². The van der Waals surface area contributed by atoms with Gasteiger partial charge in [-0.25, -0.2) is 9.69 Å². The molecule has 7 nitrogen and oxygen atoms in total.